The van der Waals surface area contributed by atoms with Gasteiger partial charge in [-0.05, 0) is 51.0 Å². The van der Waals surface area contributed by atoms with Gasteiger partial charge in [-0.2, -0.15) is 0 Å². The van der Waals surface area contributed by atoms with Gasteiger partial charge in [0.25, 0.3) is 0 Å². The summed E-state index contributed by atoms with van der Waals surface area (Å²) in [6.07, 6.45) is 1.95. The highest BCUT2D eigenvalue weighted by Gasteiger charge is 2.13. The molecule has 0 radical (unpaired) electrons. The van der Waals surface area contributed by atoms with Crippen LogP contribution >= 0.6 is 0 Å². The second-order valence-electron chi connectivity index (χ2n) is 6.03. The first-order valence-corrected chi connectivity index (χ1v) is 8.44. The molecular formula is C20H26O4. The van der Waals surface area contributed by atoms with Crippen molar-refractivity contribution in [2.75, 3.05) is 0 Å². The average Bonchev–Trinajstić information content (AvgIpc) is 2.55. The normalized spacial score (nSPS) is 13.3. The molecule has 4 nitrogen and oxygen atoms in total. The third kappa shape index (κ3) is 4.34. The van der Waals surface area contributed by atoms with E-state index in [1.807, 2.05) is 27.7 Å². The molecule has 2 rings (SSSR count). The van der Waals surface area contributed by atoms with Crippen LogP contribution in [-0.4, -0.2) is 22.4 Å². The van der Waals surface area contributed by atoms with Crippen LogP contribution < -0.4 is 9.47 Å². The van der Waals surface area contributed by atoms with Crippen molar-refractivity contribution in [1.82, 2.24) is 0 Å². The zero-order valence-corrected chi connectivity index (χ0v) is 14.7. The lowest BCUT2D eigenvalue weighted by Gasteiger charge is -2.16. The van der Waals surface area contributed by atoms with Crippen molar-refractivity contribution in [3.8, 4) is 34.1 Å². The third-order valence-corrected chi connectivity index (χ3v) is 4.05. The Kier molecular flexibility index (Phi) is 5.96. The summed E-state index contributed by atoms with van der Waals surface area (Å²) in [5.41, 5.74) is 1.11. The molecule has 2 aromatic carbocycles. The summed E-state index contributed by atoms with van der Waals surface area (Å²) < 4.78 is 11.4. The summed E-state index contributed by atoms with van der Waals surface area (Å²) in [7, 11) is 0. The Balaban J connectivity index is 2.25. The van der Waals surface area contributed by atoms with E-state index in [1.165, 1.54) is 0 Å². The molecule has 0 saturated heterocycles. The Labute approximate surface area is 143 Å². The molecule has 0 aliphatic carbocycles. The van der Waals surface area contributed by atoms with Gasteiger partial charge in [0.2, 0.25) is 0 Å². The van der Waals surface area contributed by atoms with Gasteiger partial charge in [-0.1, -0.05) is 13.8 Å². The first-order chi connectivity index (χ1) is 11.4. The first-order valence-electron chi connectivity index (χ1n) is 8.44. The van der Waals surface area contributed by atoms with Crippen LogP contribution in [-0.2, 0) is 0 Å². The van der Waals surface area contributed by atoms with E-state index >= 15 is 0 Å². The third-order valence-electron chi connectivity index (χ3n) is 4.05. The van der Waals surface area contributed by atoms with Crippen molar-refractivity contribution >= 4 is 0 Å². The lowest BCUT2D eigenvalue weighted by molar-refractivity contribution is 0.216. The van der Waals surface area contributed by atoms with Crippen molar-refractivity contribution in [1.29, 1.82) is 0 Å². The molecule has 0 amide bonds. The number of phenols is 2. The van der Waals surface area contributed by atoms with Gasteiger partial charge in [-0.25, -0.2) is 0 Å². The predicted molar refractivity (Wildman–Crippen MR) is 96.0 cm³/mol. The number of rotatable bonds is 7. The highest BCUT2D eigenvalue weighted by atomic mass is 16.5. The standard InChI is InChI=1S/C20H26O4/c1-5-13(3)23-15-7-9-17(19(21)11-15)18-10-8-16(12-20(18)22)24-14(4)6-2/h7-14,21-22H,5-6H2,1-4H3. The van der Waals surface area contributed by atoms with Gasteiger partial charge >= 0.3 is 0 Å². The fraction of sp³-hybridized carbons (Fsp3) is 0.400. The Morgan fingerprint density at radius 3 is 1.42 bits per heavy atom. The van der Waals surface area contributed by atoms with Crippen LogP contribution in [0, 0.1) is 0 Å². The second-order valence-corrected chi connectivity index (χ2v) is 6.03. The van der Waals surface area contributed by atoms with Crippen LogP contribution in [0.4, 0.5) is 0 Å². The molecule has 0 spiro atoms. The maximum atomic E-state index is 10.3. The lowest BCUT2D eigenvalue weighted by Crippen LogP contribution is -2.09. The molecule has 2 atom stereocenters. The average molecular weight is 330 g/mol. The fourth-order valence-corrected chi connectivity index (χ4v) is 2.26. The highest BCUT2D eigenvalue weighted by Crippen LogP contribution is 2.39. The van der Waals surface area contributed by atoms with Gasteiger partial charge in [0.05, 0.1) is 12.2 Å². The van der Waals surface area contributed by atoms with E-state index in [1.54, 1.807) is 36.4 Å². The molecule has 0 aromatic heterocycles. The summed E-state index contributed by atoms with van der Waals surface area (Å²) in [5, 5.41) is 20.6. The molecule has 0 saturated carbocycles. The van der Waals surface area contributed by atoms with Crippen LogP contribution in [0.15, 0.2) is 36.4 Å². The van der Waals surface area contributed by atoms with Crippen LogP contribution in [0.2, 0.25) is 0 Å². The number of benzene rings is 2. The Bertz CT molecular complexity index is 622. The molecule has 24 heavy (non-hydrogen) atoms. The van der Waals surface area contributed by atoms with E-state index in [9.17, 15) is 10.2 Å². The summed E-state index contributed by atoms with van der Waals surface area (Å²) in [5.74, 6) is 1.37. The summed E-state index contributed by atoms with van der Waals surface area (Å²) >= 11 is 0. The molecule has 2 N–H and O–H groups in total. The number of ether oxygens (including phenoxy) is 2. The summed E-state index contributed by atoms with van der Waals surface area (Å²) in [6, 6.07) is 10.2. The topological polar surface area (TPSA) is 58.9 Å². The minimum atomic E-state index is 0.0710. The maximum absolute atomic E-state index is 10.3. The zero-order chi connectivity index (χ0) is 17.7. The molecule has 0 heterocycles. The Hall–Kier alpha value is -2.36. The maximum Gasteiger partial charge on any atom is 0.127 e. The zero-order valence-electron chi connectivity index (χ0n) is 14.7. The minimum Gasteiger partial charge on any atom is -0.507 e. The molecule has 0 bridgehead atoms. The van der Waals surface area contributed by atoms with Crippen molar-refractivity contribution in [3.05, 3.63) is 36.4 Å². The molecular weight excluding hydrogens is 304 g/mol. The van der Waals surface area contributed by atoms with Gasteiger partial charge in [-0.15, -0.1) is 0 Å². The molecule has 4 heteroatoms. The van der Waals surface area contributed by atoms with Gasteiger partial charge in [0.15, 0.2) is 0 Å². The fourth-order valence-electron chi connectivity index (χ4n) is 2.26. The smallest absolute Gasteiger partial charge is 0.127 e. The van der Waals surface area contributed by atoms with E-state index in [2.05, 4.69) is 0 Å². The molecule has 2 aromatic rings. The van der Waals surface area contributed by atoms with E-state index < -0.39 is 0 Å². The Morgan fingerprint density at radius 2 is 1.12 bits per heavy atom. The number of hydrogen-bond acceptors (Lipinski definition) is 4. The van der Waals surface area contributed by atoms with Crippen LogP contribution in [0.1, 0.15) is 40.5 Å². The lowest BCUT2D eigenvalue weighted by atomic mass is 10.0. The van der Waals surface area contributed by atoms with Gasteiger partial charge in [-0.3, -0.25) is 0 Å². The van der Waals surface area contributed by atoms with E-state index in [4.69, 9.17) is 9.47 Å². The van der Waals surface area contributed by atoms with E-state index in [0.717, 1.165) is 12.8 Å². The van der Waals surface area contributed by atoms with Crippen molar-refractivity contribution in [2.24, 2.45) is 0 Å². The monoisotopic (exact) mass is 330 g/mol. The van der Waals surface area contributed by atoms with Crippen LogP contribution in [0.3, 0.4) is 0 Å². The van der Waals surface area contributed by atoms with Crippen molar-refractivity contribution in [3.63, 3.8) is 0 Å². The summed E-state index contributed by atoms with van der Waals surface area (Å²) in [4.78, 5) is 0. The quantitative estimate of drug-likeness (QED) is 0.740. The van der Waals surface area contributed by atoms with E-state index in [0.29, 0.717) is 22.6 Å². The molecule has 0 aliphatic heterocycles. The number of aromatic hydroxyl groups is 2. The predicted octanol–water partition coefficient (Wildman–Crippen LogP) is 5.12. The number of phenolic OH excluding ortho intramolecular Hbond substituents is 2. The minimum absolute atomic E-state index is 0.0710. The molecule has 0 aliphatic rings. The van der Waals surface area contributed by atoms with Crippen LogP contribution in [0.5, 0.6) is 23.0 Å². The molecule has 130 valence electrons. The van der Waals surface area contributed by atoms with Gasteiger partial charge < -0.3 is 19.7 Å². The second kappa shape index (κ2) is 7.95. The van der Waals surface area contributed by atoms with Gasteiger partial charge in [0, 0.05) is 23.3 Å². The SMILES string of the molecule is CCC(C)Oc1ccc(-c2ccc(OC(C)CC)cc2O)c(O)c1. The van der Waals surface area contributed by atoms with Crippen LogP contribution in [0.25, 0.3) is 11.1 Å². The van der Waals surface area contributed by atoms with Crippen molar-refractivity contribution < 1.29 is 19.7 Å². The van der Waals surface area contributed by atoms with E-state index in [-0.39, 0.29) is 23.7 Å². The molecule has 0 fully saturated rings. The largest absolute Gasteiger partial charge is 0.507 e. The number of hydrogen-bond donors (Lipinski definition) is 2. The van der Waals surface area contributed by atoms with Gasteiger partial charge in [0.1, 0.15) is 23.0 Å². The first kappa shape index (κ1) is 18.0. The van der Waals surface area contributed by atoms with Crippen molar-refractivity contribution in [2.45, 2.75) is 52.7 Å². The Morgan fingerprint density at radius 1 is 0.750 bits per heavy atom. The highest BCUT2D eigenvalue weighted by molar-refractivity contribution is 5.76. The summed E-state index contributed by atoms with van der Waals surface area (Å²) in [6.45, 7) is 8.04. The molecule has 2 unspecified atom stereocenters.